The molecular formula is C10H10F4O. The fourth-order valence-electron chi connectivity index (χ4n) is 1.16. The molecule has 1 nitrogen and oxygen atoms in total. The Balaban J connectivity index is 2.98. The Morgan fingerprint density at radius 1 is 1.20 bits per heavy atom. The van der Waals surface area contributed by atoms with E-state index in [2.05, 4.69) is 4.74 Å². The molecule has 0 N–H and O–H groups in total. The fraction of sp³-hybridized carbons (Fsp3) is 0.400. The van der Waals surface area contributed by atoms with Crippen LogP contribution in [0.5, 0.6) is 5.75 Å². The number of alkyl halides is 3. The molecule has 0 aromatic heterocycles. The average molecular weight is 222 g/mol. The lowest BCUT2D eigenvalue weighted by molar-refractivity contribution is -0.274. The largest absolute Gasteiger partial charge is 0.573 e. The summed E-state index contributed by atoms with van der Waals surface area (Å²) in [5, 5.41) is 0. The van der Waals surface area contributed by atoms with Gasteiger partial charge in [-0.05, 0) is 29.7 Å². The molecule has 0 aliphatic carbocycles. The topological polar surface area (TPSA) is 9.23 Å². The second-order valence-corrected chi connectivity index (χ2v) is 3.39. The predicted octanol–water partition coefficient (Wildman–Crippen LogP) is 3.85. The lowest BCUT2D eigenvalue weighted by Crippen LogP contribution is -2.17. The Bertz CT molecular complexity index is 344. The van der Waals surface area contributed by atoms with Crippen molar-refractivity contribution < 1.29 is 22.3 Å². The van der Waals surface area contributed by atoms with Gasteiger partial charge in [-0.3, -0.25) is 0 Å². The maximum atomic E-state index is 13.1. The van der Waals surface area contributed by atoms with Crippen LogP contribution in [-0.4, -0.2) is 6.36 Å². The van der Waals surface area contributed by atoms with Crippen LogP contribution in [0.2, 0.25) is 0 Å². The highest BCUT2D eigenvalue weighted by molar-refractivity contribution is 5.31. The summed E-state index contributed by atoms with van der Waals surface area (Å²) in [6.45, 7) is 3.38. The molecule has 0 atom stereocenters. The van der Waals surface area contributed by atoms with Crippen LogP contribution in [0.4, 0.5) is 17.6 Å². The minimum Gasteiger partial charge on any atom is -0.406 e. The maximum absolute atomic E-state index is 13.1. The van der Waals surface area contributed by atoms with Crippen molar-refractivity contribution in [1.82, 2.24) is 0 Å². The summed E-state index contributed by atoms with van der Waals surface area (Å²) in [6.07, 6.45) is -4.74. The molecule has 1 aromatic rings. The summed E-state index contributed by atoms with van der Waals surface area (Å²) >= 11 is 0. The first kappa shape index (κ1) is 11.8. The quantitative estimate of drug-likeness (QED) is 0.690. The van der Waals surface area contributed by atoms with Crippen LogP contribution in [0.3, 0.4) is 0 Å². The number of hydrogen-bond donors (Lipinski definition) is 0. The zero-order valence-corrected chi connectivity index (χ0v) is 8.23. The van der Waals surface area contributed by atoms with E-state index < -0.39 is 17.9 Å². The third-order valence-corrected chi connectivity index (χ3v) is 1.82. The van der Waals surface area contributed by atoms with Gasteiger partial charge in [-0.25, -0.2) is 4.39 Å². The van der Waals surface area contributed by atoms with Crippen LogP contribution < -0.4 is 4.74 Å². The van der Waals surface area contributed by atoms with E-state index in [-0.39, 0.29) is 11.5 Å². The summed E-state index contributed by atoms with van der Waals surface area (Å²) in [5.74, 6) is -1.12. The molecule has 5 heteroatoms. The van der Waals surface area contributed by atoms with Gasteiger partial charge in [-0.1, -0.05) is 13.8 Å². The van der Waals surface area contributed by atoms with E-state index in [1.165, 1.54) is 0 Å². The van der Waals surface area contributed by atoms with Gasteiger partial charge in [0.15, 0.2) is 0 Å². The van der Waals surface area contributed by atoms with Crippen molar-refractivity contribution in [3.63, 3.8) is 0 Å². The molecule has 0 heterocycles. The van der Waals surface area contributed by atoms with Gasteiger partial charge in [-0.2, -0.15) is 0 Å². The van der Waals surface area contributed by atoms with Crippen molar-refractivity contribution in [2.75, 3.05) is 0 Å². The van der Waals surface area contributed by atoms with Crippen LogP contribution in [0, 0.1) is 5.82 Å². The first-order valence-corrected chi connectivity index (χ1v) is 4.35. The van der Waals surface area contributed by atoms with Crippen molar-refractivity contribution in [1.29, 1.82) is 0 Å². The SMILES string of the molecule is CC(C)c1cc(OC(F)(F)F)ccc1F. The third kappa shape index (κ3) is 3.42. The second-order valence-electron chi connectivity index (χ2n) is 3.39. The van der Waals surface area contributed by atoms with Crippen LogP contribution in [0.15, 0.2) is 18.2 Å². The minimum absolute atomic E-state index is 0.193. The zero-order chi connectivity index (χ0) is 11.6. The van der Waals surface area contributed by atoms with Crippen molar-refractivity contribution in [3.05, 3.63) is 29.6 Å². The highest BCUT2D eigenvalue weighted by Crippen LogP contribution is 2.27. The fourth-order valence-corrected chi connectivity index (χ4v) is 1.16. The first-order chi connectivity index (χ1) is 6.79. The van der Waals surface area contributed by atoms with Gasteiger partial charge in [0.1, 0.15) is 11.6 Å². The summed E-state index contributed by atoms with van der Waals surface area (Å²) < 4.78 is 52.4. The Kier molecular flexibility index (Phi) is 3.21. The summed E-state index contributed by atoms with van der Waals surface area (Å²) in [5.41, 5.74) is 0.205. The minimum atomic E-state index is -4.74. The Hall–Kier alpha value is -1.26. The molecule has 1 rings (SSSR count). The van der Waals surface area contributed by atoms with Crippen LogP contribution in [0.25, 0.3) is 0 Å². The molecule has 0 spiro atoms. The summed E-state index contributed by atoms with van der Waals surface area (Å²) in [6, 6.07) is 2.98. The van der Waals surface area contributed by atoms with Crippen molar-refractivity contribution >= 4 is 0 Å². The lowest BCUT2D eigenvalue weighted by atomic mass is 10.0. The highest BCUT2D eigenvalue weighted by atomic mass is 19.4. The van der Waals surface area contributed by atoms with Crippen molar-refractivity contribution in [2.24, 2.45) is 0 Å². The number of hydrogen-bond acceptors (Lipinski definition) is 1. The van der Waals surface area contributed by atoms with Gasteiger partial charge in [0.25, 0.3) is 0 Å². The van der Waals surface area contributed by atoms with E-state index in [0.29, 0.717) is 0 Å². The van der Waals surface area contributed by atoms with Gasteiger partial charge in [0.05, 0.1) is 0 Å². The van der Waals surface area contributed by atoms with Gasteiger partial charge >= 0.3 is 6.36 Å². The lowest BCUT2D eigenvalue weighted by Gasteiger charge is -2.12. The molecule has 1 aromatic carbocycles. The smallest absolute Gasteiger partial charge is 0.406 e. The van der Waals surface area contributed by atoms with E-state index in [4.69, 9.17) is 0 Å². The molecule has 0 aliphatic rings. The molecule has 0 aliphatic heterocycles. The van der Waals surface area contributed by atoms with Crippen LogP contribution in [-0.2, 0) is 0 Å². The molecule has 0 amide bonds. The van der Waals surface area contributed by atoms with Gasteiger partial charge < -0.3 is 4.74 Å². The monoisotopic (exact) mass is 222 g/mol. The van der Waals surface area contributed by atoms with Crippen LogP contribution in [0.1, 0.15) is 25.3 Å². The summed E-state index contributed by atoms with van der Waals surface area (Å²) in [4.78, 5) is 0. The third-order valence-electron chi connectivity index (χ3n) is 1.82. The second kappa shape index (κ2) is 4.08. The predicted molar refractivity (Wildman–Crippen MR) is 47.2 cm³/mol. The van der Waals surface area contributed by atoms with Crippen molar-refractivity contribution in [3.8, 4) is 5.75 Å². The molecule has 0 fully saturated rings. The van der Waals surface area contributed by atoms with E-state index in [9.17, 15) is 17.6 Å². The van der Waals surface area contributed by atoms with E-state index in [1.54, 1.807) is 13.8 Å². The molecular weight excluding hydrogens is 212 g/mol. The molecule has 0 saturated carbocycles. The normalized spacial score (nSPS) is 11.9. The number of ether oxygens (including phenoxy) is 1. The zero-order valence-electron chi connectivity index (χ0n) is 8.23. The van der Waals surface area contributed by atoms with Crippen LogP contribution >= 0.6 is 0 Å². The number of benzene rings is 1. The van der Waals surface area contributed by atoms with Gasteiger partial charge in [0.2, 0.25) is 0 Å². The van der Waals surface area contributed by atoms with Crippen molar-refractivity contribution in [2.45, 2.75) is 26.1 Å². The van der Waals surface area contributed by atoms with Gasteiger partial charge in [0, 0.05) is 0 Å². The van der Waals surface area contributed by atoms with E-state index >= 15 is 0 Å². The Morgan fingerprint density at radius 2 is 1.80 bits per heavy atom. The highest BCUT2D eigenvalue weighted by Gasteiger charge is 2.31. The van der Waals surface area contributed by atoms with E-state index in [0.717, 1.165) is 18.2 Å². The molecule has 0 saturated heterocycles. The average Bonchev–Trinajstić information content (AvgIpc) is 2.05. The number of halogens is 4. The van der Waals surface area contributed by atoms with Gasteiger partial charge in [-0.15, -0.1) is 13.2 Å². The molecule has 0 radical (unpaired) electrons. The first-order valence-electron chi connectivity index (χ1n) is 4.35. The molecule has 15 heavy (non-hydrogen) atoms. The van der Waals surface area contributed by atoms with E-state index in [1.807, 2.05) is 0 Å². The molecule has 0 bridgehead atoms. The Labute approximate surface area is 84.7 Å². The standard InChI is InChI=1S/C10H10F4O/c1-6(2)8-5-7(3-4-9(8)11)15-10(12,13)14/h3-6H,1-2H3. The summed E-state index contributed by atoms with van der Waals surface area (Å²) in [7, 11) is 0. The number of rotatable bonds is 2. The maximum Gasteiger partial charge on any atom is 0.573 e. The molecule has 0 unspecified atom stereocenters. The Morgan fingerprint density at radius 3 is 2.27 bits per heavy atom. The molecule has 84 valence electrons.